The Morgan fingerprint density at radius 1 is 0.833 bits per heavy atom. The van der Waals surface area contributed by atoms with Crippen molar-refractivity contribution in [1.82, 2.24) is 4.81 Å². The molecule has 0 saturated carbocycles. The first-order valence-corrected chi connectivity index (χ1v) is 10.7. The fourth-order valence-electron chi connectivity index (χ4n) is 4.95. The molecular formula is C25H20BClNO2-. The lowest BCUT2D eigenvalue weighted by molar-refractivity contribution is 0.263. The monoisotopic (exact) mass is 412 g/mol. The van der Waals surface area contributed by atoms with Crippen LogP contribution < -0.4 is 10.1 Å². The fourth-order valence-corrected chi connectivity index (χ4v) is 5.08. The Kier molecular flexibility index (Phi) is 4.13. The lowest BCUT2D eigenvalue weighted by atomic mass is 9.60. The van der Waals surface area contributed by atoms with Crippen molar-refractivity contribution >= 4 is 34.5 Å². The van der Waals surface area contributed by atoms with E-state index in [-0.39, 0.29) is 6.04 Å². The minimum atomic E-state index is -1.82. The van der Waals surface area contributed by atoms with Gasteiger partial charge in [0.15, 0.2) is 0 Å². The summed E-state index contributed by atoms with van der Waals surface area (Å²) in [6.07, 6.45) is 0. The number of hydrogen-bond acceptors (Lipinski definition) is 3. The van der Waals surface area contributed by atoms with Gasteiger partial charge in [-0.25, -0.2) is 0 Å². The molecule has 1 fully saturated rings. The smallest absolute Gasteiger partial charge is 0.403 e. The third-order valence-corrected chi connectivity index (χ3v) is 6.67. The van der Waals surface area contributed by atoms with Crippen LogP contribution in [-0.2, 0) is 11.2 Å². The minimum Gasteiger partial charge on any atom is -0.676 e. The van der Waals surface area contributed by atoms with Crippen molar-refractivity contribution in [1.29, 1.82) is 0 Å². The summed E-state index contributed by atoms with van der Waals surface area (Å²) in [6, 6.07) is 31.2. The van der Waals surface area contributed by atoms with Gasteiger partial charge < -0.3 is 14.1 Å². The van der Waals surface area contributed by atoms with Crippen molar-refractivity contribution in [3.05, 3.63) is 107 Å². The van der Waals surface area contributed by atoms with Gasteiger partial charge in [0.1, 0.15) is 0 Å². The third kappa shape index (κ3) is 2.68. The molecule has 5 heteroatoms. The Balaban J connectivity index is 1.54. The van der Waals surface area contributed by atoms with E-state index in [2.05, 4.69) is 65.5 Å². The summed E-state index contributed by atoms with van der Waals surface area (Å²) in [6.45, 7) is -0.476. The topological polar surface area (TPSA) is 21.7 Å². The van der Waals surface area contributed by atoms with E-state index in [4.69, 9.17) is 20.9 Å². The van der Waals surface area contributed by atoms with Crippen LogP contribution in [0.2, 0.25) is 5.02 Å². The summed E-state index contributed by atoms with van der Waals surface area (Å²) in [4.78, 5) is 2.40. The molecule has 2 atom stereocenters. The van der Waals surface area contributed by atoms with Gasteiger partial charge in [0.25, 0.3) is 0 Å². The van der Waals surface area contributed by atoms with Crippen LogP contribution in [0.25, 0.3) is 10.8 Å². The zero-order chi connectivity index (χ0) is 20.1. The first-order chi connectivity index (χ1) is 14.7. The number of fused-ring (bicyclic) bond motifs is 4. The van der Waals surface area contributed by atoms with Crippen LogP contribution >= 0.6 is 11.6 Å². The van der Waals surface area contributed by atoms with E-state index in [1.165, 1.54) is 21.9 Å². The van der Waals surface area contributed by atoms with Crippen LogP contribution in [0.5, 0.6) is 5.75 Å². The van der Waals surface area contributed by atoms with E-state index in [0.717, 1.165) is 17.8 Å². The molecule has 0 spiro atoms. The third-order valence-electron chi connectivity index (χ3n) is 6.42. The minimum absolute atomic E-state index is 0.119. The van der Waals surface area contributed by atoms with Crippen LogP contribution in [0.15, 0.2) is 91.0 Å². The molecule has 1 saturated heterocycles. The maximum absolute atomic E-state index is 6.75. The van der Waals surface area contributed by atoms with Crippen molar-refractivity contribution in [3.63, 3.8) is 0 Å². The normalized spacial score (nSPS) is 23.0. The van der Waals surface area contributed by atoms with E-state index in [1.54, 1.807) is 0 Å². The summed E-state index contributed by atoms with van der Waals surface area (Å²) in [5, 5.41) is 3.16. The summed E-state index contributed by atoms with van der Waals surface area (Å²) >= 11 is 6.17. The Morgan fingerprint density at radius 2 is 1.60 bits per heavy atom. The van der Waals surface area contributed by atoms with Crippen molar-refractivity contribution < 1.29 is 9.31 Å². The Bertz CT molecular complexity index is 1230. The molecule has 0 amide bonds. The Labute approximate surface area is 180 Å². The number of nitrogens with zero attached hydrogens (tertiary/aromatic N) is 1. The average Bonchev–Trinajstić information content (AvgIpc) is 3.18. The van der Waals surface area contributed by atoms with E-state index >= 15 is 0 Å². The molecule has 0 aromatic heterocycles. The molecule has 2 aliphatic rings. The van der Waals surface area contributed by atoms with Crippen LogP contribution in [0.4, 0.5) is 0 Å². The zero-order valence-corrected chi connectivity index (χ0v) is 17.1. The van der Waals surface area contributed by atoms with Crippen molar-refractivity contribution in [2.24, 2.45) is 0 Å². The van der Waals surface area contributed by atoms with Gasteiger partial charge in [-0.1, -0.05) is 84.4 Å². The molecule has 2 heterocycles. The molecule has 6 rings (SSSR count). The van der Waals surface area contributed by atoms with Crippen molar-refractivity contribution in [2.75, 3.05) is 6.61 Å². The van der Waals surface area contributed by atoms with Crippen molar-refractivity contribution in [3.8, 4) is 5.75 Å². The van der Waals surface area contributed by atoms with Gasteiger partial charge in [0.2, 0.25) is 0 Å². The second-order valence-electron chi connectivity index (χ2n) is 8.04. The van der Waals surface area contributed by atoms with Gasteiger partial charge in [-0.3, -0.25) is 0 Å². The van der Waals surface area contributed by atoms with Crippen LogP contribution in [0.3, 0.4) is 0 Å². The first kappa shape index (κ1) is 18.0. The van der Waals surface area contributed by atoms with Crippen molar-refractivity contribution in [2.45, 2.75) is 12.6 Å². The molecule has 0 radical (unpaired) electrons. The van der Waals surface area contributed by atoms with Gasteiger partial charge in [-0.05, 0) is 41.1 Å². The Hall–Kier alpha value is -2.79. The van der Waals surface area contributed by atoms with Gasteiger partial charge >= 0.3 is 6.69 Å². The maximum Gasteiger partial charge on any atom is 0.403 e. The molecule has 0 bridgehead atoms. The first-order valence-electron chi connectivity index (χ1n) is 10.3. The standard InChI is InChI=1S/C25H20BClNO2/c27-21-13-11-20(12-14-21)26-28(24(17-29-26)19-7-2-1-3-8-19)16-23-22-9-5-4-6-18(22)10-15-25(23)30-26/h1-15,24H,16-17H2/q-1/t24-,26?/m0/s1. The zero-order valence-electron chi connectivity index (χ0n) is 16.4. The van der Waals surface area contributed by atoms with E-state index < -0.39 is 6.69 Å². The molecule has 30 heavy (non-hydrogen) atoms. The fraction of sp³-hybridized carbons (Fsp3) is 0.120. The Morgan fingerprint density at radius 3 is 2.43 bits per heavy atom. The van der Waals surface area contributed by atoms with Crippen LogP contribution in [0.1, 0.15) is 17.2 Å². The number of rotatable bonds is 2. The molecule has 4 aromatic carbocycles. The van der Waals surface area contributed by atoms with Gasteiger partial charge in [0, 0.05) is 23.2 Å². The molecule has 0 N–H and O–H groups in total. The number of halogens is 1. The second kappa shape index (κ2) is 6.88. The number of hydrogen-bond donors (Lipinski definition) is 0. The summed E-state index contributed by atoms with van der Waals surface area (Å²) < 4.78 is 13.3. The second-order valence-corrected chi connectivity index (χ2v) is 8.47. The van der Waals surface area contributed by atoms with Crippen LogP contribution in [-0.4, -0.2) is 18.1 Å². The molecular weight excluding hydrogens is 393 g/mol. The molecule has 4 aromatic rings. The lowest BCUT2D eigenvalue weighted by Crippen LogP contribution is -2.66. The quantitative estimate of drug-likeness (QED) is 0.417. The molecule has 3 nitrogen and oxygen atoms in total. The highest BCUT2D eigenvalue weighted by Gasteiger charge is 2.49. The summed E-state index contributed by atoms with van der Waals surface area (Å²) in [7, 11) is 0. The van der Waals surface area contributed by atoms with Gasteiger partial charge in [-0.2, -0.15) is 0 Å². The highest BCUT2D eigenvalue weighted by atomic mass is 35.5. The SMILES string of the molecule is Clc1ccc([B-]23OC[C@@H](c4ccccc4)N2Cc2c(ccc4ccccc24)O3)cc1. The number of benzene rings is 4. The summed E-state index contributed by atoms with van der Waals surface area (Å²) in [5.41, 5.74) is 3.46. The highest BCUT2D eigenvalue weighted by molar-refractivity contribution is 6.80. The lowest BCUT2D eigenvalue weighted by Gasteiger charge is -2.51. The largest absolute Gasteiger partial charge is 0.676 e. The summed E-state index contributed by atoms with van der Waals surface area (Å²) in [5.74, 6) is 0.897. The molecule has 2 aliphatic heterocycles. The highest BCUT2D eigenvalue weighted by Crippen LogP contribution is 2.44. The predicted molar refractivity (Wildman–Crippen MR) is 122 cm³/mol. The molecule has 1 unspecified atom stereocenters. The molecule has 0 aliphatic carbocycles. The average molecular weight is 413 g/mol. The van der Waals surface area contributed by atoms with Gasteiger partial charge in [0.05, 0.1) is 5.75 Å². The van der Waals surface area contributed by atoms with Crippen LogP contribution in [0, 0.1) is 0 Å². The van der Waals surface area contributed by atoms with E-state index in [0.29, 0.717) is 11.6 Å². The maximum atomic E-state index is 6.75. The molecule has 148 valence electrons. The van der Waals surface area contributed by atoms with E-state index in [1.807, 2.05) is 30.3 Å². The van der Waals surface area contributed by atoms with Gasteiger partial charge in [-0.15, -0.1) is 5.46 Å². The van der Waals surface area contributed by atoms with E-state index in [9.17, 15) is 0 Å². The predicted octanol–water partition coefficient (Wildman–Crippen LogP) is 5.31.